The standard InChI is InChI=1S/C31H29ClN2O2S/c1-2-36-27-17-16-23(22-14-12-21(19-33)13-15-22)18-24(27)20-34(25-8-4-3-5-9-25)31(35)30-29(32)26-10-6-7-11-28(26)37-30/h6-7,10-18,25H,2-5,8-9,20H2,1H3. The van der Waals surface area contributed by atoms with Gasteiger partial charge in [-0.25, -0.2) is 0 Å². The smallest absolute Gasteiger partial charge is 0.266 e. The molecule has 0 aliphatic heterocycles. The van der Waals surface area contributed by atoms with Crippen molar-refractivity contribution >= 4 is 38.9 Å². The summed E-state index contributed by atoms with van der Waals surface area (Å²) >= 11 is 8.24. The van der Waals surface area contributed by atoms with Crippen molar-refractivity contribution < 1.29 is 9.53 Å². The summed E-state index contributed by atoms with van der Waals surface area (Å²) in [7, 11) is 0. The number of hydrogen-bond donors (Lipinski definition) is 0. The highest BCUT2D eigenvalue weighted by molar-refractivity contribution is 7.21. The maximum absolute atomic E-state index is 14.1. The van der Waals surface area contributed by atoms with Gasteiger partial charge in [0.1, 0.15) is 10.6 Å². The lowest BCUT2D eigenvalue weighted by Gasteiger charge is -2.35. The molecule has 1 aromatic heterocycles. The van der Waals surface area contributed by atoms with Crippen LogP contribution < -0.4 is 4.74 Å². The number of fused-ring (bicyclic) bond motifs is 1. The summed E-state index contributed by atoms with van der Waals surface area (Å²) in [4.78, 5) is 16.7. The van der Waals surface area contributed by atoms with Gasteiger partial charge in [-0.1, -0.05) is 67.3 Å². The van der Waals surface area contributed by atoms with Crippen LogP contribution in [0.3, 0.4) is 0 Å². The molecule has 4 nitrogen and oxygen atoms in total. The minimum Gasteiger partial charge on any atom is -0.494 e. The number of carbonyl (C=O) groups is 1. The number of nitrogens with zero attached hydrogens (tertiary/aromatic N) is 2. The number of hydrogen-bond acceptors (Lipinski definition) is 4. The minimum atomic E-state index is -0.00988. The Hall–Kier alpha value is -3.33. The van der Waals surface area contributed by atoms with Gasteiger partial charge in [-0.15, -0.1) is 11.3 Å². The summed E-state index contributed by atoms with van der Waals surface area (Å²) in [5.41, 5.74) is 3.65. The summed E-state index contributed by atoms with van der Waals surface area (Å²) in [5, 5.41) is 10.6. The Balaban J connectivity index is 1.54. The average Bonchev–Trinajstić information content (AvgIpc) is 3.29. The van der Waals surface area contributed by atoms with Crippen molar-refractivity contribution in [3.8, 4) is 22.9 Å². The zero-order valence-corrected chi connectivity index (χ0v) is 22.4. The maximum atomic E-state index is 14.1. The van der Waals surface area contributed by atoms with Gasteiger partial charge < -0.3 is 9.64 Å². The van der Waals surface area contributed by atoms with Gasteiger partial charge in [0.25, 0.3) is 5.91 Å². The number of carbonyl (C=O) groups excluding carboxylic acids is 1. The van der Waals surface area contributed by atoms with Crippen LogP contribution in [0.5, 0.6) is 5.75 Å². The SMILES string of the molecule is CCOc1ccc(-c2ccc(C#N)cc2)cc1CN(C(=O)c1sc2ccccc2c1Cl)C1CCCCC1. The van der Waals surface area contributed by atoms with Crippen molar-refractivity contribution in [2.24, 2.45) is 0 Å². The molecule has 0 radical (unpaired) electrons. The number of amides is 1. The van der Waals surface area contributed by atoms with Crippen molar-refractivity contribution in [3.05, 3.63) is 87.8 Å². The lowest BCUT2D eigenvalue weighted by atomic mass is 9.93. The second kappa shape index (κ2) is 11.4. The zero-order chi connectivity index (χ0) is 25.8. The molecule has 188 valence electrons. The van der Waals surface area contributed by atoms with Crippen LogP contribution in [0, 0.1) is 11.3 Å². The van der Waals surface area contributed by atoms with Crippen molar-refractivity contribution in [1.82, 2.24) is 4.90 Å². The van der Waals surface area contributed by atoms with Gasteiger partial charge in [-0.2, -0.15) is 5.26 Å². The molecule has 1 amide bonds. The number of rotatable bonds is 7. The molecule has 5 rings (SSSR count). The first-order valence-electron chi connectivity index (χ1n) is 12.8. The predicted octanol–water partition coefficient (Wildman–Crippen LogP) is 8.47. The highest BCUT2D eigenvalue weighted by Gasteiger charge is 2.30. The van der Waals surface area contributed by atoms with Gasteiger partial charge in [-0.3, -0.25) is 4.79 Å². The van der Waals surface area contributed by atoms with E-state index in [0.717, 1.165) is 58.2 Å². The van der Waals surface area contributed by atoms with Crippen molar-refractivity contribution in [2.45, 2.75) is 51.6 Å². The zero-order valence-electron chi connectivity index (χ0n) is 20.9. The third kappa shape index (κ3) is 5.37. The number of thiophene rings is 1. The highest BCUT2D eigenvalue weighted by Crippen LogP contribution is 2.38. The molecule has 0 spiro atoms. The number of ether oxygens (including phenoxy) is 1. The summed E-state index contributed by atoms with van der Waals surface area (Å²) < 4.78 is 7.03. The van der Waals surface area contributed by atoms with Crippen LogP contribution in [0.15, 0.2) is 66.7 Å². The van der Waals surface area contributed by atoms with Gasteiger partial charge in [0.15, 0.2) is 0 Å². The summed E-state index contributed by atoms with van der Waals surface area (Å²) in [5.74, 6) is 0.778. The molecule has 1 saturated carbocycles. The quantitative estimate of drug-likeness (QED) is 0.242. The molecule has 4 aromatic rings. The summed E-state index contributed by atoms with van der Waals surface area (Å²) in [6.07, 6.45) is 5.44. The van der Waals surface area contributed by atoms with Crippen LogP contribution in [0.25, 0.3) is 21.2 Å². The van der Waals surface area contributed by atoms with E-state index in [-0.39, 0.29) is 11.9 Å². The maximum Gasteiger partial charge on any atom is 0.266 e. The van der Waals surface area contributed by atoms with Crippen LogP contribution in [0.4, 0.5) is 0 Å². The molecular formula is C31H29ClN2O2S. The fourth-order valence-corrected chi connectivity index (χ4v) is 6.61. The monoisotopic (exact) mass is 528 g/mol. The molecule has 1 aliphatic carbocycles. The minimum absolute atomic E-state index is 0.00988. The van der Waals surface area contributed by atoms with Gasteiger partial charge in [-0.05, 0) is 61.2 Å². The van der Waals surface area contributed by atoms with Crippen molar-refractivity contribution in [1.29, 1.82) is 5.26 Å². The molecule has 6 heteroatoms. The molecule has 0 saturated heterocycles. The molecule has 0 unspecified atom stereocenters. The first-order chi connectivity index (χ1) is 18.1. The molecule has 1 aliphatic rings. The second-order valence-electron chi connectivity index (χ2n) is 9.41. The van der Waals surface area contributed by atoms with E-state index >= 15 is 0 Å². The van der Waals surface area contributed by atoms with Crippen LogP contribution >= 0.6 is 22.9 Å². The number of halogens is 1. The van der Waals surface area contributed by atoms with Crippen molar-refractivity contribution in [3.63, 3.8) is 0 Å². The number of nitriles is 1. The third-order valence-electron chi connectivity index (χ3n) is 7.05. The molecule has 1 fully saturated rings. The first-order valence-corrected chi connectivity index (χ1v) is 14.0. The first kappa shape index (κ1) is 25.3. The van der Waals surface area contributed by atoms with Crippen LogP contribution in [-0.2, 0) is 6.54 Å². The van der Waals surface area contributed by atoms with Crippen LogP contribution in [0.2, 0.25) is 5.02 Å². The van der Waals surface area contributed by atoms with Gasteiger partial charge in [0.05, 0.1) is 23.3 Å². The highest BCUT2D eigenvalue weighted by atomic mass is 35.5. The van der Waals surface area contributed by atoms with E-state index in [0.29, 0.717) is 28.6 Å². The Morgan fingerprint density at radius 2 is 1.78 bits per heavy atom. The fraction of sp³-hybridized carbons (Fsp3) is 0.290. The lowest BCUT2D eigenvalue weighted by molar-refractivity contribution is 0.0617. The molecular weight excluding hydrogens is 500 g/mol. The van der Waals surface area contributed by atoms with Crippen LogP contribution in [0.1, 0.15) is 59.8 Å². The molecule has 3 aromatic carbocycles. The Labute approximate surface area is 227 Å². The second-order valence-corrected chi connectivity index (χ2v) is 10.8. The molecule has 0 bridgehead atoms. The summed E-state index contributed by atoms with van der Waals surface area (Å²) in [6.45, 7) is 2.97. The van der Waals surface area contributed by atoms with Crippen molar-refractivity contribution in [2.75, 3.05) is 6.61 Å². The van der Waals surface area contributed by atoms with Gasteiger partial charge >= 0.3 is 0 Å². The topological polar surface area (TPSA) is 53.3 Å². The Kier molecular flexibility index (Phi) is 7.79. The molecule has 0 atom stereocenters. The Morgan fingerprint density at radius 1 is 1.05 bits per heavy atom. The summed E-state index contributed by atoms with van der Waals surface area (Å²) in [6, 6.07) is 24.0. The van der Waals surface area contributed by atoms with E-state index in [1.165, 1.54) is 17.8 Å². The fourth-order valence-electron chi connectivity index (χ4n) is 5.14. The third-order valence-corrected chi connectivity index (χ3v) is 8.72. The van der Waals surface area contributed by atoms with E-state index in [1.807, 2.05) is 72.5 Å². The molecule has 0 N–H and O–H groups in total. The van der Waals surface area contributed by atoms with E-state index in [2.05, 4.69) is 12.1 Å². The lowest BCUT2D eigenvalue weighted by Crippen LogP contribution is -2.40. The Bertz CT molecular complexity index is 1450. The van der Waals surface area contributed by atoms with E-state index in [9.17, 15) is 4.79 Å². The number of benzene rings is 3. The average molecular weight is 529 g/mol. The molecule has 37 heavy (non-hydrogen) atoms. The van der Waals surface area contributed by atoms with Gasteiger partial charge in [0, 0.05) is 28.2 Å². The van der Waals surface area contributed by atoms with E-state index < -0.39 is 0 Å². The van der Waals surface area contributed by atoms with E-state index in [4.69, 9.17) is 21.6 Å². The van der Waals surface area contributed by atoms with Crippen LogP contribution in [-0.4, -0.2) is 23.5 Å². The van der Waals surface area contributed by atoms with E-state index in [1.54, 1.807) is 0 Å². The Morgan fingerprint density at radius 3 is 2.49 bits per heavy atom. The van der Waals surface area contributed by atoms with Gasteiger partial charge in [0.2, 0.25) is 0 Å². The normalized spacial score (nSPS) is 13.9. The predicted molar refractivity (Wildman–Crippen MR) is 151 cm³/mol. The largest absolute Gasteiger partial charge is 0.494 e. The molecule has 1 heterocycles.